The Labute approximate surface area is 140 Å². The first-order valence-electron chi connectivity index (χ1n) is 7.05. The lowest BCUT2D eigenvalue weighted by atomic mass is 10.1. The number of amides is 1. The van der Waals surface area contributed by atoms with Crippen molar-refractivity contribution in [3.63, 3.8) is 0 Å². The van der Waals surface area contributed by atoms with Gasteiger partial charge < -0.3 is 10.1 Å². The van der Waals surface area contributed by atoms with E-state index in [1.807, 2.05) is 24.3 Å². The van der Waals surface area contributed by atoms with Crippen LogP contribution in [0.15, 0.2) is 42.5 Å². The van der Waals surface area contributed by atoms with Crippen LogP contribution in [0.25, 0.3) is 0 Å². The van der Waals surface area contributed by atoms with Crippen molar-refractivity contribution in [1.82, 2.24) is 5.32 Å². The Bertz CT molecular complexity index is 659. The number of para-hydroxylation sites is 1. The Morgan fingerprint density at radius 2 is 1.91 bits per heavy atom. The monoisotopic (exact) mass is 337 g/mol. The SMILES string of the molecule is CCc1ccccc1OCCNC(=O)c1ccc(Cl)c(Cl)c1. The molecule has 0 heterocycles. The molecule has 22 heavy (non-hydrogen) atoms. The number of benzene rings is 2. The summed E-state index contributed by atoms with van der Waals surface area (Å²) in [5.41, 5.74) is 1.63. The van der Waals surface area contributed by atoms with Crippen LogP contribution in [0.5, 0.6) is 5.75 Å². The summed E-state index contributed by atoms with van der Waals surface area (Å²) in [6.45, 7) is 2.90. The zero-order valence-corrected chi connectivity index (χ0v) is 13.7. The molecule has 0 aliphatic rings. The van der Waals surface area contributed by atoms with Gasteiger partial charge in [-0.1, -0.05) is 48.3 Å². The number of carbonyl (C=O) groups excluding carboxylic acids is 1. The number of rotatable bonds is 6. The Balaban J connectivity index is 1.83. The smallest absolute Gasteiger partial charge is 0.251 e. The second-order valence-electron chi connectivity index (χ2n) is 4.69. The van der Waals surface area contributed by atoms with E-state index in [9.17, 15) is 4.79 Å². The van der Waals surface area contributed by atoms with Gasteiger partial charge >= 0.3 is 0 Å². The number of hydrogen-bond acceptors (Lipinski definition) is 2. The van der Waals surface area contributed by atoms with Crippen molar-refractivity contribution in [3.05, 3.63) is 63.6 Å². The minimum Gasteiger partial charge on any atom is -0.491 e. The van der Waals surface area contributed by atoms with E-state index in [0.717, 1.165) is 17.7 Å². The average Bonchev–Trinajstić information content (AvgIpc) is 2.54. The molecule has 0 aliphatic carbocycles. The zero-order chi connectivity index (χ0) is 15.9. The van der Waals surface area contributed by atoms with Gasteiger partial charge in [0.1, 0.15) is 12.4 Å². The normalized spacial score (nSPS) is 10.3. The van der Waals surface area contributed by atoms with Crippen molar-refractivity contribution in [2.75, 3.05) is 13.2 Å². The first-order chi connectivity index (χ1) is 10.6. The van der Waals surface area contributed by atoms with E-state index >= 15 is 0 Å². The third-order valence-corrected chi connectivity index (χ3v) is 3.92. The third-order valence-electron chi connectivity index (χ3n) is 3.18. The summed E-state index contributed by atoms with van der Waals surface area (Å²) in [6, 6.07) is 12.7. The molecule has 3 nitrogen and oxygen atoms in total. The van der Waals surface area contributed by atoms with Gasteiger partial charge in [-0.15, -0.1) is 0 Å². The van der Waals surface area contributed by atoms with Gasteiger partial charge in [0.15, 0.2) is 0 Å². The highest BCUT2D eigenvalue weighted by atomic mass is 35.5. The first-order valence-corrected chi connectivity index (χ1v) is 7.81. The summed E-state index contributed by atoms with van der Waals surface area (Å²) in [5, 5.41) is 3.58. The fourth-order valence-electron chi connectivity index (χ4n) is 2.00. The lowest BCUT2D eigenvalue weighted by Gasteiger charge is -2.11. The Hall–Kier alpha value is -1.71. The summed E-state index contributed by atoms with van der Waals surface area (Å²) in [6.07, 6.45) is 0.909. The van der Waals surface area contributed by atoms with Crippen molar-refractivity contribution < 1.29 is 9.53 Å². The number of halogens is 2. The van der Waals surface area contributed by atoms with Crippen molar-refractivity contribution in [2.24, 2.45) is 0 Å². The van der Waals surface area contributed by atoms with Crippen molar-refractivity contribution in [1.29, 1.82) is 0 Å². The summed E-state index contributed by atoms with van der Waals surface area (Å²) in [7, 11) is 0. The molecular weight excluding hydrogens is 321 g/mol. The second kappa shape index (κ2) is 8.06. The van der Waals surface area contributed by atoms with E-state index in [4.69, 9.17) is 27.9 Å². The average molecular weight is 338 g/mol. The molecule has 1 N–H and O–H groups in total. The highest BCUT2D eigenvalue weighted by Gasteiger charge is 2.07. The van der Waals surface area contributed by atoms with E-state index in [2.05, 4.69) is 12.2 Å². The maximum absolute atomic E-state index is 12.0. The summed E-state index contributed by atoms with van der Waals surface area (Å²) < 4.78 is 5.70. The topological polar surface area (TPSA) is 38.3 Å². The molecule has 0 spiro atoms. The second-order valence-corrected chi connectivity index (χ2v) is 5.51. The van der Waals surface area contributed by atoms with Crippen LogP contribution in [0, 0.1) is 0 Å². The lowest BCUT2D eigenvalue weighted by Crippen LogP contribution is -2.28. The largest absolute Gasteiger partial charge is 0.491 e. The molecule has 1 amide bonds. The quantitative estimate of drug-likeness (QED) is 0.795. The molecular formula is C17H17Cl2NO2. The molecule has 0 bridgehead atoms. The first kappa shape index (κ1) is 16.7. The molecule has 0 aliphatic heterocycles. The van der Waals surface area contributed by atoms with Crippen LogP contribution in [0.4, 0.5) is 0 Å². The van der Waals surface area contributed by atoms with E-state index in [1.54, 1.807) is 18.2 Å². The van der Waals surface area contributed by atoms with E-state index < -0.39 is 0 Å². The predicted molar refractivity (Wildman–Crippen MR) is 90.1 cm³/mol. The Morgan fingerprint density at radius 1 is 1.14 bits per heavy atom. The molecule has 0 saturated carbocycles. The highest BCUT2D eigenvalue weighted by molar-refractivity contribution is 6.42. The molecule has 0 saturated heterocycles. The Morgan fingerprint density at radius 3 is 2.64 bits per heavy atom. The van der Waals surface area contributed by atoms with Crippen LogP contribution in [0.2, 0.25) is 10.0 Å². The van der Waals surface area contributed by atoms with Gasteiger partial charge in [-0.25, -0.2) is 0 Å². The molecule has 0 radical (unpaired) electrons. The fraction of sp³-hybridized carbons (Fsp3) is 0.235. The lowest BCUT2D eigenvalue weighted by molar-refractivity contribution is 0.0947. The van der Waals surface area contributed by atoms with Crippen LogP contribution in [-0.2, 0) is 6.42 Å². The third kappa shape index (κ3) is 4.39. The van der Waals surface area contributed by atoms with Gasteiger partial charge in [-0.3, -0.25) is 4.79 Å². The maximum Gasteiger partial charge on any atom is 0.251 e. The molecule has 2 rings (SSSR count). The van der Waals surface area contributed by atoms with E-state index in [1.165, 1.54) is 0 Å². The van der Waals surface area contributed by atoms with Gasteiger partial charge in [0.2, 0.25) is 0 Å². The van der Waals surface area contributed by atoms with Crippen molar-refractivity contribution in [2.45, 2.75) is 13.3 Å². The number of nitrogens with one attached hydrogen (secondary N) is 1. The van der Waals surface area contributed by atoms with Crippen LogP contribution < -0.4 is 10.1 Å². The van der Waals surface area contributed by atoms with Crippen LogP contribution in [0.1, 0.15) is 22.8 Å². The molecule has 0 fully saturated rings. The van der Waals surface area contributed by atoms with Crippen LogP contribution in [0.3, 0.4) is 0 Å². The van der Waals surface area contributed by atoms with Crippen LogP contribution >= 0.6 is 23.2 Å². The molecule has 2 aromatic carbocycles. The number of ether oxygens (including phenoxy) is 1. The summed E-state index contributed by atoms with van der Waals surface area (Å²) in [5.74, 6) is 0.653. The molecule has 116 valence electrons. The standard InChI is InChI=1S/C17H17Cl2NO2/c1-2-12-5-3-4-6-16(12)22-10-9-20-17(21)13-7-8-14(18)15(19)11-13/h3-8,11H,2,9-10H2,1H3,(H,20,21). The summed E-state index contributed by atoms with van der Waals surface area (Å²) in [4.78, 5) is 12.0. The number of hydrogen-bond donors (Lipinski definition) is 1. The minimum absolute atomic E-state index is 0.203. The molecule has 5 heteroatoms. The minimum atomic E-state index is -0.203. The van der Waals surface area contributed by atoms with Crippen molar-refractivity contribution in [3.8, 4) is 5.75 Å². The van der Waals surface area contributed by atoms with Gasteiger partial charge in [-0.2, -0.15) is 0 Å². The van der Waals surface area contributed by atoms with Gasteiger partial charge in [-0.05, 0) is 36.2 Å². The molecule has 0 aromatic heterocycles. The number of carbonyl (C=O) groups is 1. The fourth-order valence-corrected chi connectivity index (χ4v) is 2.30. The van der Waals surface area contributed by atoms with Gasteiger partial charge in [0, 0.05) is 5.56 Å². The van der Waals surface area contributed by atoms with E-state index in [-0.39, 0.29) is 5.91 Å². The van der Waals surface area contributed by atoms with E-state index in [0.29, 0.717) is 28.8 Å². The van der Waals surface area contributed by atoms with Gasteiger partial charge in [0.25, 0.3) is 5.91 Å². The maximum atomic E-state index is 12.0. The predicted octanol–water partition coefficient (Wildman–Crippen LogP) is 4.36. The molecule has 0 unspecified atom stereocenters. The Kier molecular flexibility index (Phi) is 6.10. The molecule has 0 atom stereocenters. The zero-order valence-electron chi connectivity index (χ0n) is 12.2. The summed E-state index contributed by atoms with van der Waals surface area (Å²) >= 11 is 11.7. The van der Waals surface area contributed by atoms with Gasteiger partial charge in [0.05, 0.1) is 16.6 Å². The van der Waals surface area contributed by atoms with Crippen LogP contribution in [-0.4, -0.2) is 19.1 Å². The molecule has 2 aromatic rings. The highest BCUT2D eigenvalue weighted by Crippen LogP contribution is 2.22. The van der Waals surface area contributed by atoms with Crippen molar-refractivity contribution >= 4 is 29.1 Å². The number of aryl methyl sites for hydroxylation is 1.